The first-order valence-electron chi connectivity index (χ1n) is 14.9. The summed E-state index contributed by atoms with van der Waals surface area (Å²) in [5, 5.41) is 5.69. The highest BCUT2D eigenvalue weighted by Crippen LogP contribution is 2.30. The molecule has 10 heteroatoms. The minimum atomic E-state index is -0.623. The molecule has 0 spiro atoms. The summed E-state index contributed by atoms with van der Waals surface area (Å²) in [6.45, 7) is 1.08. The van der Waals surface area contributed by atoms with Gasteiger partial charge in [-0.25, -0.2) is 14.4 Å². The van der Waals surface area contributed by atoms with E-state index in [0.717, 1.165) is 40.8 Å². The first kappa shape index (κ1) is 31.1. The molecule has 3 aromatic carbocycles. The van der Waals surface area contributed by atoms with Gasteiger partial charge in [0.2, 0.25) is 0 Å². The number of nitrogens with zero attached hydrogens (tertiary/aromatic N) is 2. The number of nitrogens with one attached hydrogen (secondary N) is 2. The Morgan fingerprint density at radius 2 is 1.67 bits per heavy atom. The summed E-state index contributed by atoms with van der Waals surface area (Å²) >= 11 is 0. The predicted molar refractivity (Wildman–Crippen MR) is 168 cm³/mol. The topological polar surface area (TPSA) is 110 Å². The smallest absolute Gasteiger partial charge is 0.415 e. The van der Waals surface area contributed by atoms with Gasteiger partial charge in [0, 0.05) is 29.4 Å². The van der Waals surface area contributed by atoms with E-state index >= 15 is 0 Å². The van der Waals surface area contributed by atoms with Gasteiger partial charge in [-0.15, -0.1) is 0 Å². The number of amides is 3. The van der Waals surface area contributed by atoms with Gasteiger partial charge in [-0.3, -0.25) is 4.90 Å². The van der Waals surface area contributed by atoms with Crippen LogP contribution in [0.15, 0.2) is 103 Å². The van der Waals surface area contributed by atoms with E-state index in [1.807, 2.05) is 72.8 Å². The largest absolute Gasteiger partial charge is 0.488 e. The van der Waals surface area contributed by atoms with Crippen LogP contribution in [0.4, 0.5) is 15.3 Å². The monoisotopic (exact) mass is 609 g/mol. The third-order valence-corrected chi connectivity index (χ3v) is 7.50. The van der Waals surface area contributed by atoms with Crippen LogP contribution in [-0.4, -0.2) is 42.7 Å². The van der Waals surface area contributed by atoms with E-state index in [0.29, 0.717) is 25.3 Å². The molecule has 0 saturated carbocycles. The lowest BCUT2D eigenvalue weighted by Gasteiger charge is -2.32. The Balaban J connectivity index is 1.07. The molecule has 1 unspecified atom stereocenters. The van der Waals surface area contributed by atoms with E-state index in [1.165, 1.54) is 12.0 Å². The van der Waals surface area contributed by atoms with E-state index in [-0.39, 0.29) is 19.3 Å². The molecule has 0 aliphatic carbocycles. The molecule has 1 aliphatic rings. The van der Waals surface area contributed by atoms with Crippen LogP contribution in [0.1, 0.15) is 30.4 Å². The molecule has 1 saturated heterocycles. The highest BCUT2D eigenvalue weighted by Gasteiger charge is 2.34. The van der Waals surface area contributed by atoms with Gasteiger partial charge >= 0.3 is 18.1 Å². The molecule has 2 N–H and O–H groups in total. The first-order chi connectivity index (χ1) is 22.0. The van der Waals surface area contributed by atoms with Gasteiger partial charge in [-0.1, -0.05) is 60.7 Å². The van der Waals surface area contributed by atoms with Crippen LogP contribution in [0.25, 0.3) is 11.1 Å². The Morgan fingerprint density at radius 1 is 0.889 bits per heavy atom. The van der Waals surface area contributed by atoms with Crippen molar-refractivity contribution in [2.75, 3.05) is 19.0 Å². The molecule has 0 bridgehead atoms. The Bertz CT molecular complexity index is 1600. The fourth-order valence-corrected chi connectivity index (χ4v) is 5.16. The summed E-state index contributed by atoms with van der Waals surface area (Å²) in [5.41, 5.74) is 4.57. The number of anilines is 1. The maximum absolute atomic E-state index is 12.7. The van der Waals surface area contributed by atoms with Crippen LogP contribution in [-0.2, 0) is 34.2 Å². The lowest BCUT2D eigenvalue weighted by Crippen LogP contribution is -2.50. The number of rotatable bonds is 10. The van der Waals surface area contributed by atoms with Gasteiger partial charge in [-0.2, -0.15) is 4.57 Å². The number of ether oxygens (including phenoxy) is 3. The molecular weight excluding hydrogens is 572 g/mol. The summed E-state index contributed by atoms with van der Waals surface area (Å²) in [7, 11) is 1.32. The molecule has 1 aliphatic heterocycles. The number of aromatic nitrogens is 1. The molecule has 1 atom stereocenters. The van der Waals surface area contributed by atoms with Gasteiger partial charge in [0.25, 0.3) is 6.73 Å². The average molecular weight is 610 g/mol. The minimum absolute atomic E-state index is 0.0306. The van der Waals surface area contributed by atoms with Crippen molar-refractivity contribution in [1.29, 1.82) is 0 Å². The molecule has 0 radical (unpaired) electrons. The Morgan fingerprint density at radius 3 is 2.47 bits per heavy atom. The number of likely N-dealkylation sites (tertiary alicyclic amines) is 1. The number of esters is 1. The Hall–Kier alpha value is -5.38. The number of urea groups is 1. The second kappa shape index (κ2) is 15.4. The molecule has 10 nitrogen and oxygen atoms in total. The maximum atomic E-state index is 12.7. The van der Waals surface area contributed by atoms with Crippen LogP contribution < -0.4 is 19.9 Å². The summed E-state index contributed by atoms with van der Waals surface area (Å²) in [5.74, 6) is 0.371. The fraction of sp³-hybridized carbons (Fsp3) is 0.257. The number of hydrogen-bond donors (Lipinski definition) is 2. The standard InChI is InChI=1S/C35H36N4O6/c1-43-33(40)31-14-7-8-21-39(31)35(42)45-25-38-20-9-10-27(23-38)22-36-34(41)37-29-18-16-26(17-19-29)24-44-32-15-6-5-13-30(32)28-11-3-2-4-12-28/h2-6,9-13,15-20,23,31H,7-8,14,21-22,24-25H2,1H3,(H-,36,37,41)/p+1. The number of pyridine rings is 1. The van der Waals surface area contributed by atoms with Crippen molar-refractivity contribution in [2.45, 2.75) is 45.2 Å². The fourth-order valence-electron chi connectivity index (χ4n) is 5.16. The van der Waals surface area contributed by atoms with Crippen LogP contribution in [0.3, 0.4) is 0 Å². The lowest BCUT2D eigenvalue weighted by atomic mass is 10.0. The lowest BCUT2D eigenvalue weighted by molar-refractivity contribution is -0.727. The molecule has 232 valence electrons. The third-order valence-electron chi connectivity index (χ3n) is 7.50. The Kier molecular flexibility index (Phi) is 10.6. The van der Waals surface area contributed by atoms with Gasteiger partial charge in [-0.05, 0) is 54.7 Å². The number of hydrogen-bond acceptors (Lipinski definition) is 6. The van der Waals surface area contributed by atoms with Crippen molar-refractivity contribution >= 4 is 23.8 Å². The molecule has 3 amide bonds. The number of piperidine rings is 1. The molecule has 45 heavy (non-hydrogen) atoms. The van der Waals surface area contributed by atoms with E-state index in [9.17, 15) is 14.4 Å². The predicted octanol–water partition coefficient (Wildman–Crippen LogP) is 5.66. The van der Waals surface area contributed by atoms with Gasteiger partial charge in [0.1, 0.15) is 18.4 Å². The molecule has 4 aromatic rings. The van der Waals surface area contributed by atoms with Gasteiger partial charge in [0.05, 0.1) is 13.7 Å². The summed E-state index contributed by atoms with van der Waals surface area (Å²) in [6, 6.07) is 28.3. The molecule has 1 aromatic heterocycles. The third kappa shape index (κ3) is 8.60. The van der Waals surface area contributed by atoms with Crippen LogP contribution in [0, 0.1) is 0 Å². The highest BCUT2D eigenvalue weighted by atomic mass is 16.6. The number of benzene rings is 3. The van der Waals surface area contributed by atoms with E-state index in [2.05, 4.69) is 22.8 Å². The van der Waals surface area contributed by atoms with Crippen molar-refractivity contribution in [3.8, 4) is 16.9 Å². The zero-order valence-corrected chi connectivity index (χ0v) is 25.2. The van der Waals surface area contributed by atoms with Gasteiger partial charge < -0.3 is 24.8 Å². The number of methoxy groups -OCH3 is 1. The summed E-state index contributed by atoms with van der Waals surface area (Å²) < 4.78 is 18.1. The van der Waals surface area contributed by atoms with Crippen LogP contribution in [0.2, 0.25) is 0 Å². The minimum Gasteiger partial charge on any atom is -0.488 e. The number of para-hydroxylation sites is 1. The van der Waals surface area contributed by atoms with Crippen molar-refractivity contribution in [3.63, 3.8) is 0 Å². The second-order valence-corrected chi connectivity index (χ2v) is 10.6. The van der Waals surface area contributed by atoms with Crippen LogP contribution in [0.5, 0.6) is 5.75 Å². The molecule has 1 fully saturated rings. The molecule has 5 rings (SSSR count). The van der Waals surface area contributed by atoms with E-state index < -0.39 is 18.1 Å². The quantitative estimate of drug-likeness (QED) is 0.177. The summed E-state index contributed by atoms with van der Waals surface area (Å²) in [4.78, 5) is 38.7. The van der Waals surface area contributed by atoms with Crippen LogP contribution >= 0.6 is 0 Å². The maximum Gasteiger partial charge on any atom is 0.415 e. The normalized spacial score (nSPS) is 14.2. The van der Waals surface area contributed by atoms with Crippen molar-refractivity contribution < 1.29 is 33.2 Å². The zero-order valence-electron chi connectivity index (χ0n) is 25.2. The Labute approximate surface area is 262 Å². The second-order valence-electron chi connectivity index (χ2n) is 10.6. The SMILES string of the molecule is COC(=O)C1CCCCN1C(=O)OC[n+]1cccc(CNC(=O)Nc2ccc(COc3ccccc3-c3ccccc3)cc2)c1. The van der Waals surface area contributed by atoms with E-state index in [1.54, 1.807) is 23.0 Å². The highest BCUT2D eigenvalue weighted by molar-refractivity contribution is 5.89. The number of carbonyl (C=O) groups is 3. The van der Waals surface area contributed by atoms with Crippen molar-refractivity contribution in [2.24, 2.45) is 0 Å². The summed E-state index contributed by atoms with van der Waals surface area (Å²) in [6.07, 6.45) is 5.20. The van der Waals surface area contributed by atoms with Crippen molar-refractivity contribution in [1.82, 2.24) is 10.2 Å². The average Bonchev–Trinajstić information content (AvgIpc) is 3.09. The zero-order chi connectivity index (χ0) is 31.4. The molecule has 2 heterocycles. The first-order valence-corrected chi connectivity index (χ1v) is 14.9. The number of carbonyl (C=O) groups excluding carboxylic acids is 3. The van der Waals surface area contributed by atoms with E-state index in [4.69, 9.17) is 14.2 Å². The van der Waals surface area contributed by atoms with Gasteiger partial charge in [0.15, 0.2) is 12.4 Å². The molecular formula is C35H37N4O6+. The van der Waals surface area contributed by atoms with Crippen molar-refractivity contribution in [3.05, 3.63) is 115 Å².